The summed E-state index contributed by atoms with van der Waals surface area (Å²) in [7, 11) is 0. The van der Waals surface area contributed by atoms with Crippen LogP contribution in [0.25, 0.3) is 10.4 Å². The fourth-order valence-electron chi connectivity index (χ4n) is 5.89. The molecule has 2 aliphatic rings. The third-order valence-corrected chi connectivity index (χ3v) is 9.34. The van der Waals surface area contributed by atoms with E-state index in [1.165, 1.54) is 10.5 Å². The third-order valence-electron chi connectivity index (χ3n) is 8.36. The fraction of sp³-hybridized carbons (Fsp3) is 0.455. The molecule has 1 fully saturated rings. The number of carbonyl (C=O) groups is 3. The van der Waals surface area contributed by atoms with E-state index in [-0.39, 0.29) is 43.1 Å². The summed E-state index contributed by atoms with van der Waals surface area (Å²) in [5.74, 6) is -0.724. The Balaban J connectivity index is 1.25. The topological polar surface area (TPSA) is 124 Å². The van der Waals surface area contributed by atoms with Gasteiger partial charge in [0, 0.05) is 30.8 Å². The highest BCUT2D eigenvalue weighted by atomic mass is 32.1. The minimum Gasteiger partial charge on any atom is -0.391 e. The van der Waals surface area contributed by atoms with Crippen molar-refractivity contribution in [3.8, 4) is 10.4 Å². The molecule has 2 aromatic carbocycles. The molecule has 3 aromatic rings. The zero-order chi connectivity index (χ0) is 30.9. The van der Waals surface area contributed by atoms with Crippen LogP contribution in [0.5, 0.6) is 0 Å². The van der Waals surface area contributed by atoms with Gasteiger partial charge in [-0.2, -0.15) is 0 Å². The molecule has 0 aliphatic carbocycles. The molecule has 0 radical (unpaired) electrons. The largest absolute Gasteiger partial charge is 0.391 e. The van der Waals surface area contributed by atoms with Gasteiger partial charge in [0.05, 0.1) is 40.8 Å². The molecule has 3 heterocycles. The number of anilines is 1. The van der Waals surface area contributed by atoms with Gasteiger partial charge < -0.3 is 20.6 Å². The third kappa shape index (κ3) is 6.82. The Morgan fingerprint density at radius 2 is 1.91 bits per heavy atom. The van der Waals surface area contributed by atoms with E-state index in [9.17, 15) is 19.5 Å². The number of likely N-dealkylation sites (tertiary alicyclic amines) is 1. The van der Waals surface area contributed by atoms with E-state index in [0.717, 1.165) is 40.4 Å². The first-order valence-electron chi connectivity index (χ1n) is 14.8. The zero-order valence-corrected chi connectivity index (χ0v) is 26.3. The lowest BCUT2D eigenvalue weighted by Crippen LogP contribution is -2.57. The van der Waals surface area contributed by atoms with Gasteiger partial charge in [-0.05, 0) is 48.4 Å². The van der Waals surface area contributed by atoms with Crippen molar-refractivity contribution < 1.29 is 19.5 Å². The van der Waals surface area contributed by atoms with Gasteiger partial charge >= 0.3 is 0 Å². The number of nitrogens with one attached hydrogen (secondary N) is 3. The van der Waals surface area contributed by atoms with Crippen LogP contribution in [-0.2, 0) is 16.0 Å². The number of benzene rings is 2. The summed E-state index contributed by atoms with van der Waals surface area (Å²) >= 11 is 1.59. The predicted octanol–water partition coefficient (Wildman–Crippen LogP) is 4.11. The Morgan fingerprint density at radius 3 is 2.58 bits per heavy atom. The molecule has 2 amide bonds. The van der Waals surface area contributed by atoms with Crippen LogP contribution in [0.4, 0.5) is 5.69 Å². The maximum atomic E-state index is 13.9. The van der Waals surface area contributed by atoms with Gasteiger partial charge in [0.1, 0.15) is 6.04 Å². The maximum absolute atomic E-state index is 13.9. The van der Waals surface area contributed by atoms with Crippen LogP contribution < -0.4 is 16.0 Å². The molecule has 4 N–H and O–H groups in total. The van der Waals surface area contributed by atoms with Crippen LogP contribution in [0.1, 0.15) is 67.3 Å². The van der Waals surface area contributed by atoms with Crippen molar-refractivity contribution in [1.29, 1.82) is 0 Å². The first kappa shape index (κ1) is 30.8. The van der Waals surface area contributed by atoms with Crippen molar-refractivity contribution in [3.63, 3.8) is 0 Å². The van der Waals surface area contributed by atoms with Crippen LogP contribution in [0.2, 0.25) is 0 Å². The number of aliphatic hydroxyl groups is 1. The van der Waals surface area contributed by atoms with Gasteiger partial charge in [-0.3, -0.25) is 19.7 Å². The van der Waals surface area contributed by atoms with E-state index in [0.29, 0.717) is 5.56 Å². The number of hydrogen-bond donors (Lipinski definition) is 4. The minimum absolute atomic E-state index is 0.0200. The Kier molecular flexibility index (Phi) is 9.01. The molecular formula is C33H41N5O4S. The molecule has 1 saturated heterocycles. The Bertz CT molecular complexity index is 1500. The molecule has 10 heteroatoms. The second-order valence-electron chi connectivity index (χ2n) is 12.7. The average Bonchev–Trinajstić information content (AvgIpc) is 3.71. The molecule has 4 atom stereocenters. The number of hydrogen-bond acceptors (Lipinski definition) is 8. The number of rotatable bonds is 9. The summed E-state index contributed by atoms with van der Waals surface area (Å²) in [6.07, 6.45) is 0.293. The van der Waals surface area contributed by atoms with E-state index in [4.69, 9.17) is 0 Å². The maximum Gasteiger partial charge on any atom is 0.243 e. The standard InChI is InChI=1S/C33H41N5O4S/c1-19(21-6-9-23(10-7-21)29-20(2)36-18-43-29)37-31(41)27-15-25(39)17-38(27)32(42)30(33(3,4)5)35-16-28(40)24-11-8-22-12-13-34-26(22)14-24/h6-11,14,18-19,25,27,30,34-35,39H,12-13,15-17H2,1-5H3,(H,37,41)/t19-,25+,27-,30+/m0/s1. The zero-order valence-electron chi connectivity index (χ0n) is 25.4. The van der Waals surface area contributed by atoms with Gasteiger partial charge in [-0.1, -0.05) is 57.2 Å². The summed E-state index contributed by atoms with van der Waals surface area (Å²) in [4.78, 5) is 47.4. The van der Waals surface area contributed by atoms with Gasteiger partial charge in [0.2, 0.25) is 11.8 Å². The number of aromatic nitrogens is 1. The number of nitrogens with zero attached hydrogens (tertiary/aromatic N) is 2. The monoisotopic (exact) mass is 603 g/mol. The van der Waals surface area contributed by atoms with Gasteiger partial charge in [-0.15, -0.1) is 11.3 Å². The average molecular weight is 604 g/mol. The molecule has 5 rings (SSSR count). The summed E-state index contributed by atoms with van der Waals surface area (Å²) in [6.45, 7) is 10.6. The lowest BCUT2D eigenvalue weighted by atomic mass is 9.85. The number of Topliss-reactive ketones (excluding diaryl/α,β-unsaturated/α-hetero) is 1. The van der Waals surface area contributed by atoms with Gasteiger partial charge in [0.25, 0.3) is 0 Å². The van der Waals surface area contributed by atoms with E-state index < -0.39 is 23.6 Å². The summed E-state index contributed by atoms with van der Waals surface area (Å²) in [6, 6.07) is 11.8. The number of β-amino-alcohol motifs (C(OH)–C–C–N with tert-alkyl or cyclic N) is 1. The predicted molar refractivity (Wildman–Crippen MR) is 169 cm³/mol. The highest BCUT2D eigenvalue weighted by Gasteiger charge is 2.44. The molecule has 0 bridgehead atoms. The van der Waals surface area contributed by atoms with Crippen LogP contribution >= 0.6 is 11.3 Å². The first-order valence-corrected chi connectivity index (χ1v) is 15.7. The van der Waals surface area contributed by atoms with Crippen molar-refractivity contribution in [3.05, 3.63) is 70.4 Å². The number of aliphatic hydroxyl groups excluding tert-OH is 1. The molecule has 0 unspecified atom stereocenters. The number of amides is 2. The summed E-state index contributed by atoms with van der Waals surface area (Å²) in [5.41, 5.74) is 7.03. The molecule has 9 nitrogen and oxygen atoms in total. The molecule has 2 aliphatic heterocycles. The van der Waals surface area contributed by atoms with Crippen molar-refractivity contribution >= 4 is 34.6 Å². The summed E-state index contributed by atoms with van der Waals surface area (Å²) < 4.78 is 0. The van der Waals surface area contributed by atoms with Crippen molar-refractivity contribution in [1.82, 2.24) is 20.5 Å². The van der Waals surface area contributed by atoms with E-state index in [1.807, 2.05) is 82.6 Å². The fourth-order valence-corrected chi connectivity index (χ4v) is 6.70. The van der Waals surface area contributed by atoms with E-state index in [1.54, 1.807) is 11.3 Å². The number of fused-ring (bicyclic) bond motifs is 1. The van der Waals surface area contributed by atoms with Gasteiger partial charge in [0.15, 0.2) is 5.78 Å². The second-order valence-corrected chi connectivity index (χ2v) is 13.5. The van der Waals surface area contributed by atoms with Crippen molar-refractivity contribution in [2.24, 2.45) is 5.41 Å². The quantitative estimate of drug-likeness (QED) is 0.272. The molecule has 0 spiro atoms. The van der Waals surface area contributed by atoms with Crippen LogP contribution in [0.15, 0.2) is 48.0 Å². The minimum atomic E-state index is -0.811. The first-order chi connectivity index (χ1) is 20.4. The second kappa shape index (κ2) is 12.6. The number of aryl methyl sites for hydroxylation is 1. The Labute approximate surface area is 257 Å². The Hall–Kier alpha value is -3.60. The number of carbonyl (C=O) groups excluding carboxylic acids is 3. The number of ketones is 1. The number of thiazole rings is 1. The van der Waals surface area contributed by atoms with Crippen LogP contribution in [0, 0.1) is 12.3 Å². The van der Waals surface area contributed by atoms with Crippen LogP contribution in [0.3, 0.4) is 0 Å². The molecule has 1 aromatic heterocycles. The van der Waals surface area contributed by atoms with Crippen molar-refractivity contribution in [2.45, 2.75) is 71.7 Å². The molecule has 228 valence electrons. The highest BCUT2D eigenvalue weighted by molar-refractivity contribution is 7.13. The van der Waals surface area contributed by atoms with Gasteiger partial charge in [-0.25, -0.2) is 4.98 Å². The normalized spacial score (nSPS) is 19.4. The highest BCUT2D eigenvalue weighted by Crippen LogP contribution is 2.30. The molecular weight excluding hydrogens is 562 g/mol. The molecule has 43 heavy (non-hydrogen) atoms. The SMILES string of the molecule is Cc1ncsc1-c1ccc([C@H](C)NC(=O)[C@@H]2C[C@@H](O)CN2C(=O)[C@@H](NCC(=O)c2ccc3c(c2)NCC3)C(C)(C)C)cc1. The van der Waals surface area contributed by atoms with E-state index in [2.05, 4.69) is 20.9 Å². The van der Waals surface area contributed by atoms with Crippen molar-refractivity contribution in [2.75, 3.05) is 25.0 Å². The lowest BCUT2D eigenvalue weighted by Gasteiger charge is -2.35. The van der Waals surface area contributed by atoms with Crippen LogP contribution in [-0.4, -0.2) is 70.4 Å². The lowest BCUT2D eigenvalue weighted by molar-refractivity contribution is -0.142. The van der Waals surface area contributed by atoms with E-state index >= 15 is 0 Å². The molecule has 0 saturated carbocycles. The smallest absolute Gasteiger partial charge is 0.243 e. The Morgan fingerprint density at radius 1 is 1.16 bits per heavy atom. The summed E-state index contributed by atoms with van der Waals surface area (Å²) in [5, 5.41) is 20.1.